The first-order valence-corrected chi connectivity index (χ1v) is 10.2. The summed E-state index contributed by atoms with van der Waals surface area (Å²) in [5.41, 5.74) is 4.06. The third-order valence-corrected chi connectivity index (χ3v) is 6.47. The molecular formula is C21H28N4O2. The van der Waals surface area contributed by atoms with Crippen molar-refractivity contribution in [3.63, 3.8) is 0 Å². The van der Waals surface area contributed by atoms with Crippen LogP contribution in [0, 0.1) is 0 Å². The summed E-state index contributed by atoms with van der Waals surface area (Å²) < 4.78 is 11.4. The highest BCUT2D eigenvalue weighted by Gasteiger charge is 2.45. The highest BCUT2D eigenvalue weighted by molar-refractivity contribution is 5.43. The van der Waals surface area contributed by atoms with Crippen molar-refractivity contribution in [3.8, 4) is 11.5 Å². The van der Waals surface area contributed by atoms with Gasteiger partial charge in [0.2, 0.25) is 0 Å². The second-order valence-electron chi connectivity index (χ2n) is 7.85. The average Bonchev–Trinajstić information content (AvgIpc) is 3.20. The Labute approximate surface area is 160 Å². The van der Waals surface area contributed by atoms with E-state index < -0.39 is 0 Å². The van der Waals surface area contributed by atoms with Gasteiger partial charge in [-0.25, -0.2) is 4.98 Å². The summed E-state index contributed by atoms with van der Waals surface area (Å²) in [4.78, 5) is 13.3. The number of likely N-dealkylation sites (N-methyl/N-ethyl adjacent to an activating group) is 1. The highest BCUT2D eigenvalue weighted by Crippen LogP contribution is 2.42. The van der Waals surface area contributed by atoms with Crippen LogP contribution < -0.4 is 9.47 Å². The van der Waals surface area contributed by atoms with E-state index in [0.29, 0.717) is 13.2 Å². The lowest BCUT2D eigenvalue weighted by Crippen LogP contribution is -2.56. The largest absolute Gasteiger partial charge is 0.486 e. The third-order valence-electron chi connectivity index (χ3n) is 6.47. The zero-order chi connectivity index (χ0) is 18.3. The summed E-state index contributed by atoms with van der Waals surface area (Å²) >= 11 is 0. The van der Waals surface area contributed by atoms with E-state index in [-0.39, 0.29) is 5.54 Å². The van der Waals surface area contributed by atoms with Crippen LogP contribution in [0.4, 0.5) is 0 Å². The molecule has 0 unspecified atom stereocenters. The van der Waals surface area contributed by atoms with Crippen molar-refractivity contribution >= 4 is 0 Å². The van der Waals surface area contributed by atoms with Crippen LogP contribution in [0.15, 0.2) is 24.5 Å². The molecule has 5 rings (SSSR count). The number of likely N-dealkylation sites (tertiary alicyclic amines) is 1. The minimum absolute atomic E-state index is 0.117. The number of H-pyrrole nitrogens is 1. The van der Waals surface area contributed by atoms with Crippen LogP contribution >= 0.6 is 0 Å². The van der Waals surface area contributed by atoms with Gasteiger partial charge in [0.15, 0.2) is 11.5 Å². The molecular weight excluding hydrogens is 340 g/mol. The van der Waals surface area contributed by atoms with Gasteiger partial charge in [-0.2, -0.15) is 0 Å². The molecule has 0 bridgehead atoms. The quantitative estimate of drug-likeness (QED) is 0.902. The van der Waals surface area contributed by atoms with Crippen LogP contribution in [0.2, 0.25) is 0 Å². The summed E-state index contributed by atoms with van der Waals surface area (Å²) in [5, 5.41) is 0. The summed E-state index contributed by atoms with van der Waals surface area (Å²) in [7, 11) is 0. The Morgan fingerprint density at radius 1 is 1.11 bits per heavy atom. The molecule has 1 aromatic carbocycles. The standard InChI is InChI=1S/C21H28N4O2/c1-2-25-8-5-17-20(23-15-22-17)21(25)6-9-24(10-7-21)14-16-3-4-18-19(13-16)27-12-11-26-18/h3-4,13,15H,2,5-12,14H2,1H3,(H,22,23). The van der Waals surface area contributed by atoms with Crippen LogP contribution in [0.5, 0.6) is 11.5 Å². The molecule has 0 amide bonds. The number of ether oxygens (including phenoxy) is 2. The lowest BCUT2D eigenvalue weighted by atomic mass is 9.78. The molecule has 0 atom stereocenters. The monoisotopic (exact) mass is 368 g/mol. The Morgan fingerprint density at radius 2 is 1.93 bits per heavy atom. The van der Waals surface area contributed by atoms with Gasteiger partial charge in [0.25, 0.3) is 0 Å². The van der Waals surface area contributed by atoms with Crippen molar-refractivity contribution in [2.24, 2.45) is 0 Å². The Morgan fingerprint density at radius 3 is 2.74 bits per heavy atom. The van der Waals surface area contributed by atoms with Crippen molar-refractivity contribution in [3.05, 3.63) is 41.5 Å². The molecule has 1 spiro atoms. The second kappa shape index (κ2) is 6.84. The molecule has 6 nitrogen and oxygen atoms in total. The molecule has 0 radical (unpaired) electrons. The van der Waals surface area contributed by atoms with E-state index in [2.05, 4.69) is 33.8 Å². The van der Waals surface area contributed by atoms with Crippen molar-refractivity contribution in [2.45, 2.75) is 38.3 Å². The Hall–Kier alpha value is -2.05. The summed E-state index contributed by atoms with van der Waals surface area (Å²) in [6, 6.07) is 6.36. The number of imidazole rings is 1. The van der Waals surface area contributed by atoms with Crippen LogP contribution in [-0.4, -0.2) is 59.2 Å². The maximum Gasteiger partial charge on any atom is 0.161 e. The fourth-order valence-corrected chi connectivity index (χ4v) is 5.06. The molecule has 1 fully saturated rings. The Kier molecular flexibility index (Phi) is 4.32. The normalized spacial score (nSPS) is 22.0. The van der Waals surface area contributed by atoms with Crippen molar-refractivity contribution in [2.75, 3.05) is 39.4 Å². The van der Waals surface area contributed by atoms with Gasteiger partial charge in [-0.05, 0) is 37.1 Å². The van der Waals surface area contributed by atoms with E-state index >= 15 is 0 Å². The van der Waals surface area contributed by atoms with Crippen LogP contribution in [0.1, 0.15) is 36.7 Å². The number of hydrogen-bond donors (Lipinski definition) is 1. The number of nitrogens with one attached hydrogen (secondary N) is 1. The number of hydrogen-bond acceptors (Lipinski definition) is 5. The number of aromatic amines is 1. The molecule has 27 heavy (non-hydrogen) atoms. The lowest BCUT2D eigenvalue weighted by Gasteiger charge is -2.50. The molecule has 0 saturated carbocycles. The van der Waals surface area contributed by atoms with Crippen molar-refractivity contribution in [1.29, 1.82) is 0 Å². The number of piperidine rings is 1. The predicted molar refractivity (Wildman–Crippen MR) is 103 cm³/mol. The van der Waals surface area contributed by atoms with Gasteiger partial charge in [-0.3, -0.25) is 9.80 Å². The first kappa shape index (κ1) is 17.1. The van der Waals surface area contributed by atoms with E-state index in [0.717, 1.165) is 63.5 Å². The molecule has 0 aliphatic carbocycles. The summed E-state index contributed by atoms with van der Waals surface area (Å²) in [5.74, 6) is 1.76. The maximum absolute atomic E-state index is 5.74. The number of rotatable bonds is 3. The molecule has 3 aliphatic heterocycles. The summed E-state index contributed by atoms with van der Waals surface area (Å²) in [6.07, 6.45) is 5.26. The minimum atomic E-state index is 0.117. The molecule has 3 aliphatic rings. The fraction of sp³-hybridized carbons (Fsp3) is 0.571. The van der Waals surface area contributed by atoms with Crippen LogP contribution in [-0.2, 0) is 18.5 Å². The molecule has 6 heteroatoms. The third kappa shape index (κ3) is 2.91. The minimum Gasteiger partial charge on any atom is -0.486 e. The smallest absolute Gasteiger partial charge is 0.161 e. The number of nitrogens with zero attached hydrogens (tertiary/aromatic N) is 3. The highest BCUT2D eigenvalue weighted by atomic mass is 16.6. The fourth-order valence-electron chi connectivity index (χ4n) is 5.06. The van der Waals surface area contributed by atoms with E-state index in [1.54, 1.807) is 0 Å². The van der Waals surface area contributed by atoms with Crippen molar-refractivity contribution in [1.82, 2.24) is 19.8 Å². The van der Waals surface area contributed by atoms with Gasteiger partial charge < -0.3 is 14.5 Å². The van der Waals surface area contributed by atoms with Crippen LogP contribution in [0.3, 0.4) is 0 Å². The lowest BCUT2D eigenvalue weighted by molar-refractivity contribution is 0.00707. The molecule has 4 heterocycles. The van der Waals surface area contributed by atoms with Gasteiger partial charge in [-0.1, -0.05) is 13.0 Å². The molecule has 1 saturated heterocycles. The van der Waals surface area contributed by atoms with E-state index in [1.165, 1.54) is 17.0 Å². The van der Waals surface area contributed by atoms with E-state index in [9.17, 15) is 0 Å². The first-order chi connectivity index (χ1) is 13.3. The maximum atomic E-state index is 5.74. The van der Waals surface area contributed by atoms with Gasteiger partial charge in [-0.15, -0.1) is 0 Å². The number of fused-ring (bicyclic) bond motifs is 3. The predicted octanol–water partition coefficient (Wildman–Crippen LogP) is 2.55. The Balaban J connectivity index is 1.30. The second-order valence-corrected chi connectivity index (χ2v) is 7.85. The van der Waals surface area contributed by atoms with Crippen LogP contribution in [0.25, 0.3) is 0 Å². The SMILES string of the molecule is CCN1CCc2[nH]cnc2C12CCN(Cc1ccc3c(c1)OCCO3)CC2. The van der Waals surface area contributed by atoms with E-state index in [1.807, 2.05) is 12.4 Å². The zero-order valence-electron chi connectivity index (χ0n) is 16.0. The van der Waals surface area contributed by atoms with Gasteiger partial charge in [0.05, 0.1) is 17.6 Å². The Bertz CT molecular complexity index is 810. The van der Waals surface area contributed by atoms with Crippen molar-refractivity contribution < 1.29 is 9.47 Å². The molecule has 1 aromatic heterocycles. The average molecular weight is 368 g/mol. The topological polar surface area (TPSA) is 53.6 Å². The number of benzene rings is 1. The number of aromatic nitrogens is 2. The van der Waals surface area contributed by atoms with E-state index in [4.69, 9.17) is 14.5 Å². The first-order valence-electron chi connectivity index (χ1n) is 10.2. The summed E-state index contributed by atoms with van der Waals surface area (Å²) in [6.45, 7) is 8.94. The molecule has 2 aromatic rings. The molecule has 144 valence electrons. The van der Waals surface area contributed by atoms with Gasteiger partial charge >= 0.3 is 0 Å². The van der Waals surface area contributed by atoms with Gasteiger partial charge in [0.1, 0.15) is 13.2 Å². The van der Waals surface area contributed by atoms with Gasteiger partial charge in [0, 0.05) is 38.3 Å². The zero-order valence-corrected chi connectivity index (χ0v) is 16.0. The molecule has 1 N–H and O–H groups in total.